The zero-order valence-electron chi connectivity index (χ0n) is 13.8. The SMILES string of the molecule is Oc1cc(O)cc([C@@H]2Nc3ccc(C(F)(F)F)cc3[C@H]3OCCC[C@H]32)c1. The van der Waals surface area contributed by atoms with Gasteiger partial charge in [-0.15, -0.1) is 0 Å². The van der Waals surface area contributed by atoms with Gasteiger partial charge in [-0.25, -0.2) is 0 Å². The number of hydrogen-bond donors (Lipinski definition) is 3. The Hall–Kier alpha value is -2.41. The summed E-state index contributed by atoms with van der Waals surface area (Å²) in [4.78, 5) is 0. The van der Waals surface area contributed by atoms with Crippen molar-refractivity contribution in [3.63, 3.8) is 0 Å². The second-order valence-corrected chi connectivity index (χ2v) is 6.80. The maximum Gasteiger partial charge on any atom is 0.416 e. The van der Waals surface area contributed by atoms with Crippen LogP contribution in [0, 0.1) is 5.92 Å². The smallest absolute Gasteiger partial charge is 0.416 e. The van der Waals surface area contributed by atoms with Crippen molar-refractivity contribution < 1.29 is 28.1 Å². The van der Waals surface area contributed by atoms with Crippen LogP contribution in [0.1, 0.15) is 41.7 Å². The Labute approximate surface area is 148 Å². The Morgan fingerprint density at radius 3 is 2.46 bits per heavy atom. The van der Waals surface area contributed by atoms with Crippen LogP contribution < -0.4 is 5.32 Å². The van der Waals surface area contributed by atoms with Crippen LogP contribution in [0.2, 0.25) is 0 Å². The lowest BCUT2D eigenvalue weighted by Gasteiger charge is -2.43. The fraction of sp³-hybridized carbons (Fsp3) is 0.368. The first-order valence-electron chi connectivity index (χ1n) is 8.45. The molecule has 0 aromatic heterocycles. The van der Waals surface area contributed by atoms with Crippen molar-refractivity contribution in [2.75, 3.05) is 11.9 Å². The van der Waals surface area contributed by atoms with Crippen molar-refractivity contribution in [3.8, 4) is 11.5 Å². The quantitative estimate of drug-likeness (QED) is 0.682. The van der Waals surface area contributed by atoms with E-state index in [0.29, 0.717) is 23.4 Å². The molecule has 26 heavy (non-hydrogen) atoms. The van der Waals surface area contributed by atoms with Gasteiger partial charge < -0.3 is 20.3 Å². The van der Waals surface area contributed by atoms with Gasteiger partial charge in [0, 0.05) is 29.8 Å². The van der Waals surface area contributed by atoms with E-state index in [1.54, 1.807) is 12.1 Å². The van der Waals surface area contributed by atoms with Gasteiger partial charge in [-0.3, -0.25) is 0 Å². The highest BCUT2D eigenvalue weighted by Crippen LogP contribution is 2.50. The molecule has 0 aliphatic carbocycles. The number of halogens is 3. The lowest BCUT2D eigenvalue weighted by atomic mass is 9.77. The van der Waals surface area contributed by atoms with Gasteiger partial charge in [0.15, 0.2) is 0 Å². The number of nitrogens with one attached hydrogen (secondary N) is 1. The van der Waals surface area contributed by atoms with E-state index in [9.17, 15) is 23.4 Å². The number of phenolic OH excluding ortho intramolecular Hbond substituents is 2. The molecule has 1 saturated heterocycles. The fourth-order valence-electron chi connectivity index (χ4n) is 3.97. The molecule has 2 aliphatic heterocycles. The summed E-state index contributed by atoms with van der Waals surface area (Å²) in [7, 11) is 0. The first-order chi connectivity index (χ1) is 12.3. The molecule has 1 fully saturated rings. The van der Waals surface area contributed by atoms with Crippen LogP contribution in [-0.4, -0.2) is 16.8 Å². The molecule has 0 bridgehead atoms. The number of benzene rings is 2. The van der Waals surface area contributed by atoms with Crippen molar-refractivity contribution >= 4 is 5.69 Å². The minimum absolute atomic E-state index is 0.0618. The molecule has 0 amide bonds. The number of aromatic hydroxyl groups is 2. The van der Waals surface area contributed by atoms with Crippen LogP contribution in [0.5, 0.6) is 11.5 Å². The number of ether oxygens (including phenoxy) is 1. The summed E-state index contributed by atoms with van der Waals surface area (Å²) < 4.78 is 45.1. The van der Waals surface area contributed by atoms with Gasteiger partial charge in [-0.2, -0.15) is 13.2 Å². The molecule has 0 saturated carbocycles. The standard InChI is InChI=1S/C19H18F3NO3/c20-19(21,22)11-3-4-16-15(8-11)18-14(2-1-5-26-18)17(23-16)10-6-12(24)9-13(25)7-10/h3-4,6-9,14,17-18,23-25H,1-2,5H2/t14-,17-,18-/m0/s1. The number of anilines is 1. The zero-order chi connectivity index (χ0) is 18.5. The summed E-state index contributed by atoms with van der Waals surface area (Å²) in [6.07, 6.45) is -3.29. The molecule has 0 radical (unpaired) electrons. The minimum atomic E-state index is -4.41. The van der Waals surface area contributed by atoms with Gasteiger partial charge in [-0.1, -0.05) is 0 Å². The third-order valence-electron chi connectivity index (χ3n) is 5.08. The van der Waals surface area contributed by atoms with E-state index in [0.717, 1.165) is 25.0 Å². The van der Waals surface area contributed by atoms with E-state index in [1.807, 2.05) is 0 Å². The lowest BCUT2D eigenvalue weighted by molar-refractivity contribution is -0.137. The van der Waals surface area contributed by atoms with E-state index in [-0.39, 0.29) is 23.5 Å². The maximum absolute atomic E-state index is 13.1. The highest BCUT2D eigenvalue weighted by molar-refractivity contribution is 5.59. The number of fused-ring (bicyclic) bond motifs is 3. The van der Waals surface area contributed by atoms with Gasteiger partial charge in [-0.05, 0) is 48.7 Å². The van der Waals surface area contributed by atoms with Crippen molar-refractivity contribution in [3.05, 3.63) is 53.1 Å². The highest BCUT2D eigenvalue weighted by atomic mass is 19.4. The van der Waals surface area contributed by atoms with E-state index >= 15 is 0 Å². The van der Waals surface area contributed by atoms with Crippen LogP contribution >= 0.6 is 0 Å². The Kier molecular flexibility index (Phi) is 3.99. The second-order valence-electron chi connectivity index (χ2n) is 6.80. The summed E-state index contributed by atoms with van der Waals surface area (Å²) >= 11 is 0. The molecule has 3 atom stereocenters. The van der Waals surface area contributed by atoms with Crippen LogP contribution in [0.25, 0.3) is 0 Å². The summed E-state index contributed by atoms with van der Waals surface area (Å²) in [6, 6.07) is 7.69. The normalized spacial score (nSPS) is 25.1. The molecule has 0 unspecified atom stereocenters. The molecule has 2 aliphatic rings. The van der Waals surface area contributed by atoms with Crippen molar-refractivity contribution in [2.45, 2.75) is 31.2 Å². The van der Waals surface area contributed by atoms with Crippen molar-refractivity contribution in [1.82, 2.24) is 0 Å². The molecule has 2 aromatic rings. The molecule has 7 heteroatoms. The largest absolute Gasteiger partial charge is 0.508 e. The second kappa shape index (κ2) is 6.09. The molecular formula is C19H18F3NO3. The molecule has 2 aromatic carbocycles. The molecule has 4 nitrogen and oxygen atoms in total. The Bertz CT molecular complexity index is 817. The number of phenols is 2. The molecule has 3 N–H and O–H groups in total. The molecule has 0 spiro atoms. The van der Waals surface area contributed by atoms with Crippen LogP contribution in [0.4, 0.5) is 18.9 Å². The molecule has 4 rings (SSSR count). The number of hydrogen-bond acceptors (Lipinski definition) is 4. The molecular weight excluding hydrogens is 347 g/mol. The number of rotatable bonds is 1. The minimum Gasteiger partial charge on any atom is -0.508 e. The summed E-state index contributed by atoms with van der Waals surface area (Å²) in [5.74, 6) is -0.220. The summed E-state index contributed by atoms with van der Waals surface area (Å²) in [5, 5.41) is 22.9. The number of alkyl halides is 3. The monoisotopic (exact) mass is 365 g/mol. The zero-order valence-corrected chi connectivity index (χ0v) is 13.8. The van der Waals surface area contributed by atoms with Crippen LogP contribution in [0.3, 0.4) is 0 Å². The van der Waals surface area contributed by atoms with Crippen molar-refractivity contribution in [2.24, 2.45) is 5.92 Å². The van der Waals surface area contributed by atoms with Gasteiger partial charge in [0.1, 0.15) is 11.5 Å². The first-order valence-corrected chi connectivity index (χ1v) is 8.45. The predicted molar refractivity (Wildman–Crippen MR) is 89.0 cm³/mol. The Morgan fingerprint density at radius 1 is 1.04 bits per heavy atom. The third kappa shape index (κ3) is 2.96. The van der Waals surface area contributed by atoms with Gasteiger partial charge in [0.25, 0.3) is 0 Å². The van der Waals surface area contributed by atoms with E-state index < -0.39 is 17.8 Å². The molecule has 2 heterocycles. The maximum atomic E-state index is 13.1. The van der Waals surface area contributed by atoms with Crippen LogP contribution in [0.15, 0.2) is 36.4 Å². The molecule has 138 valence electrons. The lowest BCUT2D eigenvalue weighted by Crippen LogP contribution is -2.36. The Morgan fingerprint density at radius 2 is 1.77 bits per heavy atom. The Balaban J connectivity index is 1.79. The first kappa shape index (κ1) is 17.0. The fourth-order valence-corrected chi connectivity index (χ4v) is 3.97. The van der Waals surface area contributed by atoms with Gasteiger partial charge in [0.05, 0.1) is 17.7 Å². The van der Waals surface area contributed by atoms with E-state index in [2.05, 4.69) is 5.32 Å². The van der Waals surface area contributed by atoms with E-state index in [4.69, 9.17) is 4.74 Å². The van der Waals surface area contributed by atoms with E-state index in [1.165, 1.54) is 12.1 Å². The highest BCUT2D eigenvalue weighted by Gasteiger charge is 2.41. The average Bonchev–Trinajstić information content (AvgIpc) is 2.59. The third-order valence-corrected chi connectivity index (χ3v) is 5.08. The van der Waals surface area contributed by atoms with Gasteiger partial charge in [0.2, 0.25) is 0 Å². The predicted octanol–water partition coefficient (Wildman–Crippen LogP) is 4.75. The average molecular weight is 365 g/mol. The van der Waals surface area contributed by atoms with Crippen molar-refractivity contribution in [1.29, 1.82) is 0 Å². The van der Waals surface area contributed by atoms with Gasteiger partial charge >= 0.3 is 6.18 Å². The van der Waals surface area contributed by atoms with Crippen LogP contribution in [-0.2, 0) is 10.9 Å². The summed E-state index contributed by atoms with van der Waals surface area (Å²) in [6.45, 7) is 0.495. The summed E-state index contributed by atoms with van der Waals surface area (Å²) in [5.41, 5.74) is 1.06. The topological polar surface area (TPSA) is 61.7 Å².